The highest BCUT2D eigenvalue weighted by Gasteiger charge is 2.45. The monoisotopic (exact) mass is 426 g/mol. The molecule has 1 aliphatic rings. The summed E-state index contributed by atoms with van der Waals surface area (Å²) in [6.07, 6.45) is 3.66. The number of ether oxygens (including phenoxy) is 2. The number of aromatic nitrogens is 1. The first-order valence-electron chi connectivity index (χ1n) is 10.4. The lowest BCUT2D eigenvalue weighted by Gasteiger charge is -2.21. The quantitative estimate of drug-likeness (QED) is 0.387. The molecule has 5 rings (SSSR count). The minimum Gasteiger partial charge on any atom is -0.497 e. The van der Waals surface area contributed by atoms with E-state index in [-0.39, 0.29) is 11.1 Å². The predicted molar refractivity (Wildman–Crippen MR) is 123 cm³/mol. The van der Waals surface area contributed by atoms with Crippen LogP contribution in [0.2, 0.25) is 0 Å². The van der Waals surface area contributed by atoms with Gasteiger partial charge in [-0.1, -0.05) is 30.3 Å². The zero-order valence-electron chi connectivity index (χ0n) is 17.5. The molecule has 2 N–H and O–H groups in total. The van der Waals surface area contributed by atoms with Crippen LogP contribution in [0.15, 0.2) is 79.0 Å². The highest BCUT2D eigenvalue weighted by Crippen LogP contribution is 2.49. The van der Waals surface area contributed by atoms with Crippen LogP contribution in [-0.2, 0) is 5.54 Å². The van der Waals surface area contributed by atoms with E-state index >= 15 is 0 Å². The fourth-order valence-corrected chi connectivity index (χ4v) is 3.94. The van der Waals surface area contributed by atoms with Crippen molar-refractivity contribution in [2.75, 3.05) is 12.4 Å². The molecule has 1 aromatic heterocycles. The number of fused-ring (bicyclic) bond motifs is 1. The zero-order valence-corrected chi connectivity index (χ0v) is 17.5. The number of pyridine rings is 1. The molecule has 0 saturated heterocycles. The van der Waals surface area contributed by atoms with Gasteiger partial charge in [0.05, 0.1) is 23.6 Å². The molecule has 0 aliphatic heterocycles. The van der Waals surface area contributed by atoms with Crippen LogP contribution < -0.4 is 14.8 Å². The number of nitrogens with one attached hydrogen (secondary N) is 1. The Morgan fingerprint density at radius 2 is 1.75 bits per heavy atom. The van der Waals surface area contributed by atoms with Gasteiger partial charge in [-0.15, -0.1) is 0 Å². The van der Waals surface area contributed by atoms with E-state index in [1.54, 1.807) is 25.4 Å². The first-order chi connectivity index (χ1) is 15.6. The number of nitrogens with zero attached hydrogens (tertiary/aromatic N) is 1. The molecule has 6 nitrogen and oxygen atoms in total. The number of aromatic carboxylic acids is 1. The number of hydrogen-bond acceptors (Lipinski definition) is 5. The van der Waals surface area contributed by atoms with E-state index in [2.05, 4.69) is 10.3 Å². The van der Waals surface area contributed by atoms with Gasteiger partial charge in [0.15, 0.2) is 0 Å². The van der Waals surface area contributed by atoms with Gasteiger partial charge in [-0.3, -0.25) is 0 Å². The second-order valence-electron chi connectivity index (χ2n) is 7.88. The Hall–Kier alpha value is -4.06. The second kappa shape index (κ2) is 7.89. The number of hydrogen-bond donors (Lipinski definition) is 2. The van der Waals surface area contributed by atoms with Crippen LogP contribution in [-0.4, -0.2) is 23.2 Å². The Morgan fingerprint density at radius 3 is 2.47 bits per heavy atom. The van der Waals surface area contributed by atoms with Gasteiger partial charge in [-0.05, 0) is 60.2 Å². The Balaban J connectivity index is 1.51. The molecule has 0 radical (unpaired) electrons. The number of anilines is 1. The van der Waals surface area contributed by atoms with Gasteiger partial charge < -0.3 is 19.9 Å². The molecule has 160 valence electrons. The van der Waals surface area contributed by atoms with Crippen LogP contribution in [0.4, 0.5) is 5.82 Å². The van der Waals surface area contributed by atoms with Crippen molar-refractivity contribution in [3.8, 4) is 17.2 Å². The zero-order chi connectivity index (χ0) is 22.1. The lowest BCUT2D eigenvalue weighted by atomic mass is 10.0. The number of benzene rings is 3. The molecule has 1 saturated carbocycles. The fraction of sp³-hybridized carbons (Fsp3) is 0.154. The maximum atomic E-state index is 11.2. The smallest absolute Gasteiger partial charge is 0.335 e. The number of methoxy groups -OCH3 is 1. The fourth-order valence-electron chi connectivity index (χ4n) is 3.94. The van der Waals surface area contributed by atoms with Crippen molar-refractivity contribution in [3.63, 3.8) is 0 Å². The first kappa shape index (κ1) is 19.9. The Morgan fingerprint density at radius 1 is 1.00 bits per heavy atom. The van der Waals surface area contributed by atoms with Crippen molar-refractivity contribution in [2.24, 2.45) is 0 Å². The molecular formula is C26H22N2O4. The summed E-state index contributed by atoms with van der Waals surface area (Å²) in [6.45, 7) is 0. The summed E-state index contributed by atoms with van der Waals surface area (Å²) in [5.41, 5.74) is 1.07. The molecule has 0 unspecified atom stereocenters. The highest BCUT2D eigenvalue weighted by atomic mass is 16.5. The topological polar surface area (TPSA) is 80.7 Å². The molecule has 0 atom stereocenters. The molecule has 0 spiro atoms. The van der Waals surface area contributed by atoms with E-state index in [1.165, 1.54) is 0 Å². The van der Waals surface area contributed by atoms with Crippen LogP contribution in [0, 0.1) is 0 Å². The van der Waals surface area contributed by atoms with Gasteiger partial charge in [0.25, 0.3) is 0 Å². The molecule has 4 aromatic rings. The molecule has 0 bridgehead atoms. The summed E-state index contributed by atoms with van der Waals surface area (Å²) < 4.78 is 11.5. The van der Waals surface area contributed by atoms with Crippen molar-refractivity contribution in [2.45, 2.75) is 18.4 Å². The molecule has 1 fully saturated rings. The lowest BCUT2D eigenvalue weighted by molar-refractivity contribution is 0.0697. The molecule has 3 aromatic carbocycles. The van der Waals surface area contributed by atoms with Gasteiger partial charge in [0.1, 0.15) is 23.1 Å². The largest absolute Gasteiger partial charge is 0.497 e. The molecule has 6 heteroatoms. The molecule has 1 heterocycles. The summed E-state index contributed by atoms with van der Waals surface area (Å²) >= 11 is 0. The average Bonchev–Trinajstić information content (AvgIpc) is 3.60. The third-order valence-corrected chi connectivity index (χ3v) is 5.81. The van der Waals surface area contributed by atoms with Crippen LogP contribution in [0.3, 0.4) is 0 Å². The SMILES string of the molecule is COc1cccc(Oc2cccc3ccnc(NC4(c5ccc(C(=O)O)cc5)CC4)c23)c1. The Kier molecular flexibility index (Phi) is 4.90. The summed E-state index contributed by atoms with van der Waals surface area (Å²) in [4.78, 5) is 15.8. The summed E-state index contributed by atoms with van der Waals surface area (Å²) in [5, 5.41) is 14.7. The van der Waals surface area contributed by atoms with Crippen molar-refractivity contribution in [3.05, 3.63) is 90.1 Å². The van der Waals surface area contributed by atoms with Gasteiger partial charge in [-0.2, -0.15) is 0 Å². The van der Waals surface area contributed by atoms with E-state index in [4.69, 9.17) is 9.47 Å². The van der Waals surface area contributed by atoms with E-state index in [1.807, 2.05) is 60.7 Å². The minimum atomic E-state index is -0.926. The van der Waals surface area contributed by atoms with Gasteiger partial charge >= 0.3 is 5.97 Å². The highest BCUT2D eigenvalue weighted by molar-refractivity contribution is 5.97. The maximum absolute atomic E-state index is 11.2. The molecule has 32 heavy (non-hydrogen) atoms. The normalized spacial score (nSPS) is 14.0. The van der Waals surface area contributed by atoms with Gasteiger partial charge in [-0.25, -0.2) is 9.78 Å². The summed E-state index contributed by atoms with van der Waals surface area (Å²) in [6, 6.07) is 22.4. The van der Waals surface area contributed by atoms with Crippen molar-refractivity contribution in [1.29, 1.82) is 0 Å². The predicted octanol–water partition coefficient (Wildman–Crippen LogP) is 5.84. The van der Waals surface area contributed by atoms with E-state index < -0.39 is 5.97 Å². The van der Waals surface area contributed by atoms with Crippen molar-refractivity contribution in [1.82, 2.24) is 4.98 Å². The molecular weight excluding hydrogens is 404 g/mol. The Labute approximate surface area is 185 Å². The second-order valence-corrected chi connectivity index (χ2v) is 7.88. The van der Waals surface area contributed by atoms with E-state index in [0.717, 1.165) is 40.7 Å². The number of carboxylic acid groups (broad SMARTS) is 1. The third-order valence-electron chi connectivity index (χ3n) is 5.81. The van der Waals surface area contributed by atoms with Gasteiger partial charge in [0.2, 0.25) is 0 Å². The van der Waals surface area contributed by atoms with Crippen molar-refractivity contribution >= 4 is 22.6 Å². The summed E-state index contributed by atoms with van der Waals surface area (Å²) in [7, 11) is 1.63. The molecule has 0 amide bonds. The minimum absolute atomic E-state index is 0.263. The van der Waals surface area contributed by atoms with Crippen molar-refractivity contribution < 1.29 is 19.4 Å². The van der Waals surface area contributed by atoms with Crippen LogP contribution >= 0.6 is 0 Å². The van der Waals surface area contributed by atoms with Crippen LogP contribution in [0.25, 0.3) is 10.8 Å². The first-order valence-corrected chi connectivity index (χ1v) is 10.4. The van der Waals surface area contributed by atoms with Crippen LogP contribution in [0.1, 0.15) is 28.8 Å². The maximum Gasteiger partial charge on any atom is 0.335 e. The number of carbonyl (C=O) groups is 1. The van der Waals surface area contributed by atoms with E-state index in [9.17, 15) is 9.90 Å². The average molecular weight is 426 g/mol. The molecule has 1 aliphatic carbocycles. The number of carboxylic acids is 1. The third kappa shape index (κ3) is 3.71. The van der Waals surface area contributed by atoms with E-state index in [0.29, 0.717) is 11.5 Å². The Bertz CT molecular complexity index is 1290. The number of rotatable bonds is 7. The van der Waals surface area contributed by atoms with Crippen LogP contribution in [0.5, 0.6) is 17.2 Å². The summed E-state index contributed by atoms with van der Waals surface area (Å²) in [5.74, 6) is 1.91. The standard InChI is InChI=1S/C26H22N2O4/c1-31-20-5-3-6-21(16-20)32-22-7-2-4-17-12-15-27-24(23(17)22)28-26(13-14-26)19-10-8-18(9-11-19)25(29)30/h2-12,15-16H,13-14H2,1H3,(H,27,28)(H,29,30). The van der Waals surface area contributed by atoms with Gasteiger partial charge in [0, 0.05) is 12.3 Å². The lowest BCUT2D eigenvalue weighted by Crippen LogP contribution is -2.20.